The molecule has 102 valence electrons. The van der Waals surface area contributed by atoms with Gasteiger partial charge in [0.05, 0.1) is 11.6 Å². The van der Waals surface area contributed by atoms with E-state index in [0.29, 0.717) is 6.54 Å². The fraction of sp³-hybridized carbons (Fsp3) is 0.727. The molecule has 2 heterocycles. The van der Waals surface area contributed by atoms with E-state index >= 15 is 0 Å². The highest BCUT2D eigenvalue weighted by Crippen LogP contribution is 2.16. The minimum Gasteiger partial charge on any atom is -0.337 e. The number of rotatable bonds is 6. The monoisotopic (exact) mass is 272 g/mol. The number of sulfonamides is 1. The van der Waals surface area contributed by atoms with Crippen molar-refractivity contribution in [2.45, 2.75) is 24.6 Å². The van der Waals surface area contributed by atoms with Crippen molar-refractivity contribution in [2.24, 2.45) is 0 Å². The molecule has 1 unspecified atom stereocenters. The third-order valence-corrected chi connectivity index (χ3v) is 5.23. The molecule has 0 aromatic carbocycles. The molecule has 0 radical (unpaired) electrons. The summed E-state index contributed by atoms with van der Waals surface area (Å²) in [5, 5.41) is -0.254. The van der Waals surface area contributed by atoms with Crippen molar-refractivity contribution in [3.05, 3.63) is 18.7 Å². The van der Waals surface area contributed by atoms with Crippen LogP contribution in [0.15, 0.2) is 18.7 Å². The Kier molecular flexibility index (Phi) is 4.36. The lowest BCUT2D eigenvalue weighted by atomic mass is 10.4. The number of imidazole rings is 1. The number of nitrogens with one attached hydrogen (secondary N) is 1. The summed E-state index contributed by atoms with van der Waals surface area (Å²) in [5.74, 6) is 0. The van der Waals surface area contributed by atoms with Gasteiger partial charge in [0.15, 0.2) is 0 Å². The Balaban J connectivity index is 1.73. The van der Waals surface area contributed by atoms with E-state index in [4.69, 9.17) is 0 Å². The molecule has 1 N–H and O–H groups in total. The maximum Gasteiger partial charge on any atom is 0.215 e. The lowest BCUT2D eigenvalue weighted by Gasteiger charge is -2.15. The predicted octanol–water partition coefficient (Wildman–Crippen LogP) is -0.103. The van der Waals surface area contributed by atoms with E-state index in [1.807, 2.05) is 10.8 Å². The summed E-state index contributed by atoms with van der Waals surface area (Å²) in [7, 11) is -1.62. The third kappa shape index (κ3) is 3.30. The highest BCUT2D eigenvalue weighted by molar-refractivity contribution is 7.90. The Morgan fingerprint density at radius 2 is 2.28 bits per heavy atom. The third-order valence-electron chi connectivity index (χ3n) is 3.40. The molecule has 0 bridgehead atoms. The molecule has 1 fully saturated rings. The molecule has 0 amide bonds. The smallest absolute Gasteiger partial charge is 0.215 e. The van der Waals surface area contributed by atoms with Crippen LogP contribution in [0.2, 0.25) is 0 Å². The van der Waals surface area contributed by atoms with Crippen LogP contribution >= 0.6 is 0 Å². The average molecular weight is 272 g/mol. The molecular weight excluding hydrogens is 252 g/mol. The van der Waals surface area contributed by atoms with E-state index in [0.717, 1.165) is 32.5 Å². The summed E-state index contributed by atoms with van der Waals surface area (Å²) in [5.41, 5.74) is 0. The number of hydrogen-bond acceptors (Lipinski definition) is 4. The van der Waals surface area contributed by atoms with Crippen molar-refractivity contribution >= 4 is 10.0 Å². The first kappa shape index (κ1) is 13.5. The van der Waals surface area contributed by atoms with Gasteiger partial charge < -0.3 is 9.47 Å². The first-order valence-corrected chi connectivity index (χ1v) is 7.77. The number of likely N-dealkylation sites (tertiary alicyclic amines) is 1. The van der Waals surface area contributed by atoms with Crippen molar-refractivity contribution in [1.29, 1.82) is 0 Å². The van der Waals surface area contributed by atoms with Gasteiger partial charge in [0, 0.05) is 25.5 Å². The fourth-order valence-corrected chi connectivity index (χ4v) is 3.47. The quantitative estimate of drug-likeness (QED) is 0.785. The minimum atomic E-state index is -3.11. The SMILES string of the molecule is CNS(=O)(=O)C1CCN(CCCn2ccnc2)C1. The van der Waals surface area contributed by atoms with Crippen LogP contribution < -0.4 is 4.72 Å². The van der Waals surface area contributed by atoms with Gasteiger partial charge in [0.1, 0.15) is 0 Å². The Morgan fingerprint density at radius 1 is 1.44 bits per heavy atom. The number of nitrogens with zero attached hydrogens (tertiary/aromatic N) is 3. The van der Waals surface area contributed by atoms with Gasteiger partial charge in [-0.1, -0.05) is 0 Å². The van der Waals surface area contributed by atoms with Crippen molar-refractivity contribution in [1.82, 2.24) is 19.2 Å². The summed E-state index contributed by atoms with van der Waals surface area (Å²) >= 11 is 0. The topological polar surface area (TPSA) is 67.2 Å². The molecule has 1 aromatic heterocycles. The van der Waals surface area contributed by atoms with Gasteiger partial charge in [-0.15, -0.1) is 0 Å². The van der Waals surface area contributed by atoms with Gasteiger partial charge in [0.2, 0.25) is 10.0 Å². The second-order valence-electron chi connectivity index (χ2n) is 4.61. The summed E-state index contributed by atoms with van der Waals surface area (Å²) in [6, 6.07) is 0. The molecule has 0 spiro atoms. The van der Waals surface area contributed by atoms with Gasteiger partial charge in [0.25, 0.3) is 0 Å². The fourth-order valence-electron chi connectivity index (χ4n) is 2.32. The largest absolute Gasteiger partial charge is 0.337 e. The van der Waals surface area contributed by atoms with Crippen LogP contribution in [-0.4, -0.2) is 54.8 Å². The molecule has 6 nitrogen and oxygen atoms in total. The van der Waals surface area contributed by atoms with Gasteiger partial charge >= 0.3 is 0 Å². The first-order valence-electron chi connectivity index (χ1n) is 6.22. The molecule has 1 aliphatic heterocycles. The second kappa shape index (κ2) is 5.81. The predicted molar refractivity (Wildman–Crippen MR) is 69.7 cm³/mol. The van der Waals surface area contributed by atoms with Crippen molar-refractivity contribution in [2.75, 3.05) is 26.7 Å². The van der Waals surface area contributed by atoms with E-state index in [1.165, 1.54) is 7.05 Å². The maximum absolute atomic E-state index is 11.7. The molecule has 18 heavy (non-hydrogen) atoms. The molecule has 0 saturated carbocycles. The Hall–Kier alpha value is -0.920. The first-order chi connectivity index (χ1) is 8.62. The van der Waals surface area contributed by atoms with E-state index in [9.17, 15) is 8.42 Å². The summed E-state index contributed by atoms with van der Waals surface area (Å²) in [6.07, 6.45) is 7.26. The van der Waals surface area contributed by atoms with Crippen molar-refractivity contribution in [3.8, 4) is 0 Å². The summed E-state index contributed by atoms with van der Waals surface area (Å²) in [6.45, 7) is 3.39. The lowest BCUT2D eigenvalue weighted by Crippen LogP contribution is -2.34. The number of aromatic nitrogens is 2. The van der Waals surface area contributed by atoms with Crippen molar-refractivity contribution in [3.63, 3.8) is 0 Å². The van der Waals surface area contributed by atoms with Crippen molar-refractivity contribution < 1.29 is 8.42 Å². The van der Waals surface area contributed by atoms with Gasteiger partial charge in [-0.3, -0.25) is 0 Å². The zero-order valence-electron chi connectivity index (χ0n) is 10.6. The van der Waals surface area contributed by atoms with E-state index in [-0.39, 0.29) is 5.25 Å². The molecule has 1 atom stereocenters. The summed E-state index contributed by atoms with van der Waals surface area (Å²) in [4.78, 5) is 6.21. The number of hydrogen-bond donors (Lipinski definition) is 1. The van der Waals surface area contributed by atoms with Crippen LogP contribution in [0.1, 0.15) is 12.8 Å². The highest BCUT2D eigenvalue weighted by atomic mass is 32.2. The zero-order valence-corrected chi connectivity index (χ0v) is 11.4. The van der Waals surface area contributed by atoms with E-state index in [2.05, 4.69) is 14.6 Å². The Bertz CT molecular complexity index is 457. The molecule has 0 aliphatic carbocycles. The van der Waals surface area contributed by atoms with Crippen LogP contribution in [-0.2, 0) is 16.6 Å². The normalized spacial score (nSPS) is 21.5. The average Bonchev–Trinajstić information content (AvgIpc) is 3.00. The molecular formula is C11H20N4O2S. The molecule has 1 saturated heterocycles. The van der Waals surface area contributed by atoms with Gasteiger partial charge in [-0.2, -0.15) is 0 Å². The number of aryl methyl sites for hydroxylation is 1. The zero-order chi connectivity index (χ0) is 13.0. The van der Waals surface area contributed by atoms with Gasteiger partial charge in [-0.25, -0.2) is 18.1 Å². The van der Waals surface area contributed by atoms with Crippen LogP contribution in [0.3, 0.4) is 0 Å². The highest BCUT2D eigenvalue weighted by Gasteiger charge is 2.31. The van der Waals surface area contributed by atoms with Crippen LogP contribution in [0, 0.1) is 0 Å². The van der Waals surface area contributed by atoms with E-state index < -0.39 is 10.0 Å². The molecule has 1 aliphatic rings. The second-order valence-corrected chi connectivity index (χ2v) is 6.78. The van der Waals surface area contributed by atoms with Crippen LogP contribution in [0.5, 0.6) is 0 Å². The van der Waals surface area contributed by atoms with Crippen LogP contribution in [0.25, 0.3) is 0 Å². The van der Waals surface area contributed by atoms with Crippen LogP contribution in [0.4, 0.5) is 0 Å². The van der Waals surface area contributed by atoms with E-state index in [1.54, 1.807) is 12.5 Å². The lowest BCUT2D eigenvalue weighted by molar-refractivity contribution is 0.325. The molecule has 7 heteroatoms. The maximum atomic E-state index is 11.7. The summed E-state index contributed by atoms with van der Waals surface area (Å²) < 4.78 is 27.8. The minimum absolute atomic E-state index is 0.254. The Labute approximate surface area is 108 Å². The Morgan fingerprint density at radius 3 is 2.94 bits per heavy atom. The standard InChI is InChI=1S/C11H20N4O2S/c1-12-18(16,17)11-3-7-14(9-11)5-2-6-15-8-4-13-10-15/h4,8,10-12H,2-3,5-7,9H2,1H3. The van der Waals surface area contributed by atoms with Gasteiger partial charge in [-0.05, 0) is 33.0 Å². The molecule has 2 rings (SSSR count). The molecule has 1 aromatic rings.